The highest BCUT2D eigenvalue weighted by Crippen LogP contribution is 2.34. The predicted octanol–water partition coefficient (Wildman–Crippen LogP) is 2.24. The Hall–Kier alpha value is -1.10. The van der Waals surface area contributed by atoms with Gasteiger partial charge in [-0.05, 0) is 43.7 Å². The fourth-order valence-electron chi connectivity index (χ4n) is 2.74. The van der Waals surface area contributed by atoms with Crippen LogP contribution in [0.25, 0.3) is 0 Å². The van der Waals surface area contributed by atoms with Gasteiger partial charge in [-0.2, -0.15) is 0 Å². The second kappa shape index (κ2) is 6.37. The van der Waals surface area contributed by atoms with Crippen LogP contribution in [-0.2, 0) is 4.74 Å². The van der Waals surface area contributed by atoms with Crippen molar-refractivity contribution in [3.05, 3.63) is 28.8 Å². The molecule has 1 aromatic rings. The van der Waals surface area contributed by atoms with Crippen LogP contribution < -0.4 is 16.0 Å². The van der Waals surface area contributed by atoms with E-state index in [2.05, 4.69) is 31.4 Å². The van der Waals surface area contributed by atoms with Gasteiger partial charge in [0.25, 0.3) is 0 Å². The number of aryl methyl sites for hydroxylation is 1. The van der Waals surface area contributed by atoms with Crippen LogP contribution in [0.15, 0.2) is 12.1 Å². The molecule has 106 valence electrons. The van der Waals surface area contributed by atoms with Crippen molar-refractivity contribution < 1.29 is 9.47 Å². The third kappa shape index (κ3) is 3.08. The quantitative estimate of drug-likeness (QED) is 0.632. The first-order valence-electron chi connectivity index (χ1n) is 6.85. The van der Waals surface area contributed by atoms with Crippen LogP contribution in [0.4, 0.5) is 0 Å². The molecule has 1 saturated heterocycles. The topological polar surface area (TPSA) is 56.5 Å². The van der Waals surface area contributed by atoms with Gasteiger partial charge in [-0.15, -0.1) is 0 Å². The molecule has 4 nitrogen and oxygen atoms in total. The zero-order valence-corrected chi connectivity index (χ0v) is 12.0. The number of rotatable bonds is 5. The molecule has 2 rings (SSSR count). The van der Waals surface area contributed by atoms with Gasteiger partial charge >= 0.3 is 0 Å². The molecule has 19 heavy (non-hydrogen) atoms. The predicted molar refractivity (Wildman–Crippen MR) is 76.1 cm³/mol. The van der Waals surface area contributed by atoms with Crippen molar-refractivity contribution >= 4 is 0 Å². The van der Waals surface area contributed by atoms with Crippen molar-refractivity contribution in [3.63, 3.8) is 0 Å². The van der Waals surface area contributed by atoms with E-state index in [-0.39, 0.29) is 6.04 Å². The third-order valence-corrected chi connectivity index (χ3v) is 4.08. The van der Waals surface area contributed by atoms with Crippen LogP contribution in [0.1, 0.15) is 35.6 Å². The summed E-state index contributed by atoms with van der Waals surface area (Å²) < 4.78 is 11.0. The molecule has 0 aliphatic carbocycles. The third-order valence-electron chi connectivity index (χ3n) is 4.08. The Balaban J connectivity index is 2.24. The van der Waals surface area contributed by atoms with Gasteiger partial charge in [0.1, 0.15) is 5.75 Å². The number of benzene rings is 1. The Kier molecular flexibility index (Phi) is 4.80. The second-order valence-corrected chi connectivity index (χ2v) is 5.31. The number of hydrogen-bond acceptors (Lipinski definition) is 4. The lowest BCUT2D eigenvalue weighted by atomic mass is 9.92. The summed E-state index contributed by atoms with van der Waals surface area (Å²) in [4.78, 5) is 0. The molecular formula is C15H24N2O2. The summed E-state index contributed by atoms with van der Waals surface area (Å²) in [6.07, 6.45) is 2.10. The lowest BCUT2D eigenvalue weighted by Gasteiger charge is -2.23. The number of hydrazine groups is 1. The molecule has 1 fully saturated rings. The molecule has 0 radical (unpaired) electrons. The minimum atomic E-state index is 0.112. The Labute approximate surface area is 115 Å². The fraction of sp³-hybridized carbons (Fsp3) is 0.600. The van der Waals surface area contributed by atoms with Crippen molar-refractivity contribution in [1.82, 2.24) is 5.43 Å². The summed E-state index contributed by atoms with van der Waals surface area (Å²) >= 11 is 0. The average molecular weight is 264 g/mol. The monoisotopic (exact) mass is 264 g/mol. The highest BCUT2D eigenvalue weighted by Gasteiger charge is 2.24. The van der Waals surface area contributed by atoms with Crippen molar-refractivity contribution in [3.8, 4) is 5.75 Å². The first kappa shape index (κ1) is 14.3. The van der Waals surface area contributed by atoms with Gasteiger partial charge < -0.3 is 9.47 Å². The van der Waals surface area contributed by atoms with Gasteiger partial charge in [0.05, 0.1) is 7.11 Å². The summed E-state index contributed by atoms with van der Waals surface area (Å²) in [7, 11) is 1.72. The van der Waals surface area contributed by atoms with Crippen molar-refractivity contribution in [2.24, 2.45) is 11.8 Å². The van der Waals surface area contributed by atoms with Gasteiger partial charge in [-0.1, -0.05) is 12.1 Å². The molecule has 1 aromatic carbocycles. The standard InChI is InChI=1S/C15H24N2O2/c1-10-4-5-13(15(18-3)11(10)2)14(17-16)8-12-6-7-19-9-12/h4-5,12,14,17H,6-9,16H2,1-3H3. The Morgan fingerprint density at radius 3 is 2.84 bits per heavy atom. The van der Waals surface area contributed by atoms with E-state index < -0.39 is 0 Å². The van der Waals surface area contributed by atoms with E-state index in [4.69, 9.17) is 15.3 Å². The Morgan fingerprint density at radius 2 is 2.26 bits per heavy atom. The summed E-state index contributed by atoms with van der Waals surface area (Å²) in [6.45, 7) is 5.89. The van der Waals surface area contributed by atoms with Gasteiger partial charge in [0, 0.05) is 24.8 Å². The molecule has 1 heterocycles. The van der Waals surface area contributed by atoms with E-state index in [0.29, 0.717) is 5.92 Å². The van der Waals surface area contributed by atoms with E-state index >= 15 is 0 Å². The maximum absolute atomic E-state index is 5.75. The van der Waals surface area contributed by atoms with Crippen LogP contribution in [0.3, 0.4) is 0 Å². The van der Waals surface area contributed by atoms with E-state index in [9.17, 15) is 0 Å². The summed E-state index contributed by atoms with van der Waals surface area (Å²) in [5, 5.41) is 0. The maximum Gasteiger partial charge on any atom is 0.126 e. The number of nitrogens with two attached hydrogens (primary N) is 1. The smallest absolute Gasteiger partial charge is 0.126 e. The van der Waals surface area contributed by atoms with Crippen LogP contribution in [0, 0.1) is 19.8 Å². The van der Waals surface area contributed by atoms with E-state index in [1.807, 2.05) is 0 Å². The molecule has 2 atom stereocenters. The first-order chi connectivity index (χ1) is 9.17. The van der Waals surface area contributed by atoms with Crippen LogP contribution >= 0.6 is 0 Å². The van der Waals surface area contributed by atoms with Gasteiger partial charge in [0.15, 0.2) is 0 Å². The summed E-state index contributed by atoms with van der Waals surface area (Å²) in [6, 6.07) is 4.35. The molecule has 3 N–H and O–H groups in total. The van der Waals surface area contributed by atoms with Crippen LogP contribution in [0.5, 0.6) is 5.75 Å². The minimum absolute atomic E-state index is 0.112. The Bertz CT molecular complexity index is 428. The highest BCUT2D eigenvalue weighted by atomic mass is 16.5. The molecule has 0 spiro atoms. The number of ether oxygens (including phenoxy) is 2. The van der Waals surface area contributed by atoms with Gasteiger partial charge in [-0.25, -0.2) is 0 Å². The maximum atomic E-state index is 5.75. The van der Waals surface area contributed by atoms with E-state index in [1.54, 1.807) is 7.11 Å². The largest absolute Gasteiger partial charge is 0.496 e. The zero-order chi connectivity index (χ0) is 13.8. The highest BCUT2D eigenvalue weighted by molar-refractivity contribution is 5.46. The number of nitrogens with one attached hydrogen (secondary N) is 1. The molecule has 1 aliphatic rings. The lowest BCUT2D eigenvalue weighted by Crippen LogP contribution is -2.30. The molecule has 1 aliphatic heterocycles. The molecule has 0 saturated carbocycles. The number of hydrogen-bond donors (Lipinski definition) is 2. The minimum Gasteiger partial charge on any atom is -0.496 e. The molecule has 0 aromatic heterocycles. The fourth-order valence-corrected chi connectivity index (χ4v) is 2.74. The lowest BCUT2D eigenvalue weighted by molar-refractivity contribution is 0.181. The van der Waals surface area contributed by atoms with Crippen LogP contribution in [-0.4, -0.2) is 20.3 Å². The average Bonchev–Trinajstić information content (AvgIpc) is 2.92. The summed E-state index contributed by atoms with van der Waals surface area (Å²) in [5.41, 5.74) is 6.49. The molecule has 2 unspecified atom stereocenters. The van der Waals surface area contributed by atoms with Gasteiger partial charge in [-0.3, -0.25) is 11.3 Å². The second-order valence-electron chi connectivity index (χ2n) is 5.31. The van der Waals surface area contributed by atoms with Crippen molar-refractivity contribution in [2.45, 2.75) is 32.7 Å². The zero-order valence-electron chi connectivity index (χ0n) is 12.0. The first-order valence-corrected chi connectivity index (χ1v) is 6.85. The SMILES string of the molecule is COc1c(C(CC2CCOC2)NN)ccc(C)c1C. The molecule has 0 bridgehead atoms. The summed E-state index contributed by atoms with van der Waals surface area (Å²) in [5.74, 6) is 7.27. The Morgan fingerprint density at radius 1 is 1.47 bits per heavy atom. The molecular weight excluding hydrogens is 240 g/mol. The van der Waals surface area contributed by atoms with E-state index in [1.165, 1.54) is 11.1 Å². The molecule has 0 amide bonds. The normalized spacial score (nSPS) is 20.5. The number of methoxy groups -OCH3 is 1. The van der Waals surface area contributed by atoms with Crippen molar-refractivity contribution in [2.75, 3.05) is 20.3 Å². The molecule has 4 heteroatoms. The van der Waals surface area contributed by atoms with E-state index in [0.717, 1.165) is 37.4 Å². The van der Waals surface area contributed by atoms with Gasteiger partial charge in [0.2, 0.25) is 0 Å². The van der Waals surface area contributed by atoms with Crippen molar-refractivity contribution in [1.29, 1.82) is 0 Å². The van der Waals surface area contributed by atoms with Crippen LogP contribution in [0.2, 0.25) is 0 Å².